The van der Waals surface area contributed by atoms with Gasteiger partial charge >= 0.3 is 103 Å². The average Bonchev–Trinajstić information content (AvgIpc) is 2.57. The van der Waals surface area contributed by atoms with E-state index >= 15 is 0 Å². The van der Waals surface area contributed by atoms with Crippen molar-refractivity contribution in [3.63, 3.8) is 0 Å². The molecule has 0 fully saturated rings. The molecule has 0 aliphatic carbocycles. The van der Waals surface area contributed by atoms with Crippen LogP contribution in [0.1, 0.15) is 14.0 Å². The molecular formula is C14H12K2N2O10S2. The van der Waals surface area contributed by atoms with Crippen LogP contribution in [0.25, 0.3) is 12.2 Å². The fourth-order valence-corrected chi connectivity index (χ4v) is 3.58. The van der Waals surface area contributed by atoms with E-state index in [9.17, 15) is 46.2 Å². The van der Waals surface area contributed by atoms with Gasteiger partial charge in [-0.2, -0.15) is 16.8 Å². The van der Waals surface area contributed by atoms with Gasteiger partial charge in [-0.1, -0.05) is 12.2 Å². The Morgan fingerprint density at radius 1 is 0.733 bits per heavy atom. The molecule has 0 radical (unpaired) electrons. The molecule has 0 heterocycles. The molecule has 0 aromatic heterocycles. The van der Waals surface area contributed by atoms with Gasteiger partial charge in [0.05, 0.1) is 9.85 Å². The van der Waals surface area contributed by atoms with Gasteiger partial charge in [-0.05, 0) is 23.3 Å². The summed E-state index contributed by atoms with van der Waals surface area (Å²) in [7, 11) is -9.73. The minimum atomic E-state index is -4.86. The van der Waals surface area contributed by atoms with Crippen LogP contribution in [-0.4, -0.2) is 35.8 Å². The first-order chi connectivity index (χ1) is 12.8. The largest absolute Gasteiger partial charge is 1.00 e. The Bertz CT molecular complexity index is 1140. The van der Waals surface area contributed by atoms with E-state index in [0.717, 1.165) is 36.4 Å². The number of benzene rings is 2. The molecular weight excluding hydrogens is 498 g/mol. The molecule has 0 aliphatic rings. The normalized spacial score (nSPS) is 11.4. The fourth-order valence-electron chi connectivity index (χ4n) is 2.17. The van der Waals surface area contributed by atoms with Crippen molar-refractivity contribution in [1.82, 2.24) is 0 Å². The second kappa shape index (κ2) is 11.8. The first kappa shape index (κ1) is 30.1. The van der Waals surface area contributed by atoms with Crippen LogP contribution in [0.4, 0.5) is 11.4 Å². The van der Waals surface area contributed by atoms with Crippen LogP contribution in [0.3, 0.4) is 0 Å². The first-order valence-electron chi connectivity index (χ1n) is 7.00. The maximum Gasteiger partial charge on any atom is 1.00 e. The summed E-state index contributed by atoms with van der Waals surface area (Å²) in [6.07, 6.45) is 2.01. The third-order valence-electron chi connectivity index (χ3n) is 3.41. The summed E-state index contributed by atoms with van der Waals surface area (Å²) in [5.41, 5.74) is -1.68. The quantitative estimate of drug-likeness (QED) is 0.129. The van der Waals surface area contributed by atoms with Gasteiger partial charge in [0.25, 0.3) is 31.6 Å². The molecule has 0 atom stereocenters. The molecule has 12 nitrogen and oxygen atoms in total. The van der Waals surface area contributed by atoms with Gasteiger partial charge < -0.3 is 2.85 Å². The van der Waals surface area contributed by atoms with E-state index in [1.54, 1.807) is 0 Å². The minimum absolute atomic E-state index is 0. The molecule has 0 unspecified atom stereocenters. The van der Waals surface area contributed by atoms with E-state index in [1.165, 1.54) is 0 Å². The van der Waals surface area contributed by atoms with Crippen LogP contribution in [0, 0.1) is 20.2 Å². The molecule has 0 saturated heterocycles. The summed E-state index contributed by atoms with van der Waals surface area (Å²) < 4.78 is 64.4. The van der Waals surface area contributed by atoms with Crippen LogP contribution in [0.15, 0.2) is 46.2 Å². The van der Waals surface area contributed by atoms with E-state index in [2.05, 4.69) is 0 Å². The maximum absolute atomic E-state index is 11.5. The van der Waals surface area contributed by atoms with Gasteiger partial charge in [0.1, 0.15) is 9.79 Å². The topological polar surface area (TPSA) is 195 Å². The number of non-ortho nitro benzene ring substituents is 2. The number of hydrogen-bond acceptors (Lipinski definition) is 8. The molecule has 2 aromatic carbocycles. The van der Waals surface area contributed by atoms with Crippen LogP contribution < -0.4 is 103 Å². The summed E-state index contributed by atoms with van der Waals surface area (Å²) in [6, 6.07) is 5.11. The predicted octanol–water partition coefficient (Wildman–Crippen LogP) is -3.60. The van der Waals surface area contributed by atoms with Crippen LogP contribution >= 0.6 is 0 Å². The summed E-state index contributed by atoms with van der Waals surface area (Å²) >= 11 is 0. The molecule has 2 aromatic rings. The van der Waals surface area contributed by atoms with Crippen LogP contribution in [0.5, 0.6) is 0 Å². The van der Waals surface area contributed by atoms with Crippen molar-refractivity contribution >= 4 is 43.8 Å². The van der Waals surface area contributed by atoms with Gasteiger partial charge in [0.15, 0.2) is 0 Å². The summed E-state index contributed by atoms with van der Waals surface area (Å²) in [5.74, 6) is 0. The predicted molar refractivity (Wildman–Crippen MR) is 97.0 cm³/mol. The van der Waals surface area contributed by atoms with E-state index in [4.69, 9.17) is 0 Å². The number of rotatable bonds is 6. The third kappa shape index (κ3) is 7.89. The van der Waals surface area contributed by atoms with E-state index in [1.807, 2.05) is 0 Å². The number of nitro groups is 2. The number of nitro benzene ring substituents is 2. The van der Waals surface area contributed by atoms with Gasteiger partial charge in [-0.15, -0.1) is 0 Å². The maximum atomic E-state index is 11.5. The third-order valence-corrected chi connectivity index (χ3v) is 5.23. The Labute approximate surface area is 258 Å². The van der Waals surface area contributed by atoms with E-state index in [-0.39, 0.29) is 117 Å². The molecule has 16 heteroatoms. The average molecular weight is 511 g/mol. The van der Waals surface area contributed by atoms with E-state index < -0.39 is 51.2 Å². The Morgan fingerprint density at radius 2 is 1.03 bits per heavy atom. The molecule has 0 aliphatic heterocycles. The van der Waals surface area contributed by atoms with Crippen molar-refractivity contribution in [2.45, 2.75) is 9.79 Å². The monoisotopic (exact) mass is 510 g/mol. The Hall–Kier alpha value is 0.0727. The van der Waals surface area contributed by atoms with Crippen molar-refractivity contribution in [2.24, 2.45) is 0 Å². The second-order valence-corrected chi connectivity index (χ2v) is 8.02. The van der Waals surface area contributed by atoms with Crippen LogP contribution in [0.2, 0.25) is 0 Å². The van der Waals surface area contributed by atoms with Crippen molar-refractivity contribution in [1.29, 1.82) is 0 Å². The summed E-state index contributed by atoms with van der Waals surface area (Å²) in [5, 5.41) is 21.5. The zero-order valence-corrected chi connectivity index (χ0v) is 23.4. The summed E-state index contributed by atoms with van der Waals surface area (Å²) in [6.45, 7) is 0. The standard InChI is InChI=1S/C14H10N2O10S2.2K.2H/c17-15(18)11-5-3-9(13(7-11)27(21,22)23)1-2-10-4-6-12(16(19)20)8-14(10)28(24,25)26;;;;/h1-8H,(H,21,22,23)(H,24,25,26);;;;/q;2*+1;2*-1. The van der Waals surface area contributed by atoms with Crippen LogP contribution in [-0.2, 0) is 20.2 Å². The molecule has 0 amide bonds. The van der Waals surface area contributed by atoms with Gasteiger partial charge in [0.2, 0.25) is 0 Å². The number of nitrogens with zero attached hydrogens (tertiary/aromatic N) is 2. The molecule has 2 N–H and O–H groups in total. The zero-order chi connectivity index (χ0) is 21.3. The Balaban J connectivity index is -0.00000210. The van der Waals surface area contributed by atoms with Gasteiger partial charge in [-0.3, -0.25) is 29.3 Å². The Morgan fingerprint density at radius 3 is 1.27 bits per heavy atom. The zero-order valence-electron chi connectivity index (χ0n) is 17.5. The minimum Gasteiger partial charge on any atom is -1.00 e. The Kier molecular flexibility index (Phi) is 11.8. The molecule has 0 bridgehead atoms. The van der Waals surface area contributed by atoms with Crippen molar-refractivity contribution in [2.75, 3.05) is 0 Å². The van der Waals surface area contributed by atoms with E-state index in [0.29, 0.717) is 12.1 Å². The van der Waals surface area contributed by atoms with Crippen molar-refractivity contribution in [3.05, 3.63) is 67.8 Å². The molecule has 0 saturated carbocycles. The fraction of sp³-hybridized carbons (Fsp3) is 0. The van der Waals surface area contributed by atoms with Gasteiger partial charge in [-0.25, -0.2) is 0 Å². The first-order valence-corrected chi connectivity index (χ1v) is 9.88. The summed E-state index contributed by atoms with van der Waals surface area (Å²) in [4.78, 5) is 18.2. The smallest absolute Gasteiger partial charge is 1.00 e. The van der Waals surface area contributed by atoms with Gasteiger partial charge in [0, 0.05) is 24.3 Å². The van der Waals surface area contributed by atoms with Crippen molar-refractivity contribution < 1.29 is 141 Å². The molecule has 30 heavy (non-hydrogen) atoms. The second-order valence-electron chi connectivity index (χ2n) is 5.24. The van der Waals surface area contributed by atoms with Crippen molar-refractivity contribution in [3.8, 4) is 0 Å². The number of hydrogen-bond donors (Lipinski definition) is 2. The molecule has 0 spiro atoms. The molecule has 2 rings (SSSR count). The SMILES string of the molecule is O=[N+]([O-])c1ccc(C=Cc2ccc([N+](=O)[O-])cc2S(=O)(=O)O)c(S(=O)(=O)O)c1.[H-].[H-].[K+].[K+]. The molecule has 152 valence electrons.